The maximum absolute atomic E-state index is 11.6. The molecule has 0 aliphatic heterocycles. The molecular weight excluding hydrogens is 242 g/mol. The zero-order chi connectivity index (χ0) is 12.2. The van der Waals surface area contributed by atoms with Crippen LogP contribution in [0.2, 0.25) is 0 Å². The molecule has 6 heteroatoms. The minimum absolute atomic E-state index is 0.0900. The summed E-state index contributed by atoms with van der Waals surface area (Å²) in [5, 5.41) is 6.84. The van der Waals surface area contributed by atoms with Crippen molar-refractivity contribution in [3.05, 3.63) is 5.69 Å². The first-order chi connectivity index (χ1) is 7.41. The van der Waals surface area contributed by atoms with Crippen molar-refractivity contribution in [2.45, 2.75) is 31.9 Å². The molecule has 0 saturated carbocycles. The van der Waals surface area contributed by atoms with E-state index in [1.807, 2.05) is 27.7 Å². The molecular formula is C10H17N3OS2. The number of hydrogen-bond donors (Lipinski definition) is 1. The van der Waals surface area contributed by atoms with E-state index in [1.165, 1.54) is 11.5 Å². The average Bonchev–Trinajstić information content (AvgIpc) is 2.57. The van der Waals surface area contributed by atoms with E-state index in [2.05, 4.69) is 14.9 Å². The van der Waals surface area contributed by atoms with Crippen LogP contribution < -0.4 is 5.32 Å². The van der Waals surface area contributed by atoms with Crippen LogP contribution in [-0.4, -0.2) is 27.8 Å². The fourth-order valence-corrected chi connectivity index (χ4v) is 2.54. The second kappa shape index (κ2) is 5.63. The molecule has 4 nitrogen and oxygen atoms in total. The molecule has 1 aromatic rings. The molecule has 0 aliphatic carbocycles. The van der Waals surface area contributed by atoms with Crippen molar-refractivity contribution in [1.29, 1.82) is 0 Å². The van der Waals surface area contributed by atoms with E-state index in [0.717, 1.165) is 15.7 Å². The van der Waals surface area contributed by atoms with E-state index in [0.29, 0.717) is 6.54 Å². The number of aromatic nitrogens is 2. The van der Waals surface area contributed by atoms with E-state index in [9.17, 15) is 4.79 Å². The zero-order valence-corrected chi connectivity index (χ0v) is 11.7. The topological polar surface area (TPSA) is 54.9 Å². The normalized spacial score (nSPS) is 11.5. The Morgan fingerprint density at radius 3 is 2.69 bits per heavy atom. The number of thioether (sulfide) groups is 1. The molecule has 0 aliphatic rings. The van der Waals surface area contributed by atoms with Crippen molar-refractivity contribution in [2.75, 3.05) is 12.3 Å². The lowest BCUT2D eigenvalue weighted by molar-refractivity contribution is -0.128. The molecule has 1 N–H and O–H groups in total. The van der Waals surface area contributed by atoms with E-state index < -0.39 is 0 Å². The van der Waals surface area contributed by atoms with Crippen molar-refractivity contribution in [3.8, 4) is 0 Å². The highest BCUT2D eigenvalue weighted by Crippen LogP contribution is 2.23. The van der Waals surface area contributed by atoms with Gasteiger partial charge >= 0.3 is 0 Å². The third-order valence-corrected chi connectivity index (χ3v) is 4.08. The van der Waals surface area contributed by atoms with E-state index in [4.69, 9.17) is 0 Å². The lowest BCUT2D eigenvalue weighted by Crippen LogP contribution is -2.35. The predicted octanol–water partition coefficient (Wildman–Crippen LogP) is 2.10. The Morgan fingerprint density at radius 2 is 2.19 bits per heavy atom. The second-order valence-corrected chi connectivity index (χ2v) is 6.62. The second-order valence-electron chi connectivity index (χ2n) is 4.50. The summed E-state index contributed by atoms with van der Waals surface area (Å²) in [6.45, 7) is 8.35. The van der Waals surface area contributed by atoms with Gasteiger partial charge in [-0.3, -0.25) is 4.79 Å². The van der Waals surface area contributed by atoms with Crippen LogP contribution in [0, 0.1) is 12.3 Å². The zero-order valence-electron chi connectivity index (χ0n) is 10.0. The molecule has 90 valence electrons. The predicted molar refractivity (Wildman–Crippen MR) is 67.8 cm³/mol. The molecule has 1 heterocycles. The van der Waals surface area contributed by atoms with Crippen molar-refractivity contribution in [1.82, 2.24) is 14.9 Å². The van der Waals surface area contributed by atoms with E-state index in [-0.39, 0.29) is 11.3 Å². The quantitative estimate of drug-likeness (QED) is 0.664. The van der Waals surface area contributed by atoms with E-state index in [1.54, 1.807) is 11.8 Å². The van der Waals surface area contributed by atoms with Crippen molar-refractivity contribution in [3.63, 3.8) is 0 Å². The van der Waals surface area contributed by atoms with Crippen LogP contribution >= 0.6 is 23.3 Å². The highest BCUT2D eigenvalue weighted by atomic mass is 32.2. The fraction of sp³-hybridized carbons (Fsp3) is 0.700. The van der Waals surface area contributed by atoms with Gasteiger partial charge in [-0.05, 0) is 18.5 Å². The van der Waals surface area contributed by atoms with Crippen molar-refractivity contribution < 1.29 is 4.79 Å². The van der Waals surface area contributed by atoms with E-state index >= 15 is 0 Å². The lowest BCUT2D eigenvalue weighted by atomic mass is 9.96. The number of rotatable bonds is 4. The molecule has 0 spiro atoms. The van der Waals surface area contributed by atoms with Crippen LogP contribution in [0.5, 0.6) is 0 Å². The van der Waals surface area contributed by atoms with Crippen LogP contribution in [0.4, 0.5) is 0 Å². The van der Waals surface area contributed by atoms with Gasteiger partial charge in [0.25, 0.3) is 0 Å². The maximum Gasteiger partial charge on any atom is 0.225 e. The van der Waals surface area contributed by atoms with Gasteiger partial charge in [-0.1, -0.05) is 25.3 Å². The van der Waals surface area contributed by atoms with Crippen LogP contribution in [0.25, 0.3) is 0 Å². The van der Waals surface area contributed by atoms with Crippen LogP contribution in [0.3, 0.4) is 0 Å². The fourth-order valence-electron chi connectivity index (χ4n) is 0.930. The van der Waals surface area contributed by atoms with Gasteiger partial charge in [-0.2, -0.15) is 0 Å². The number of nitrogens with one attached hydrogen (secondary N) is 1. The first-order valence-electron chi connectivity index (χ1n) is 5.11. The molecule has 0 bridgehead atoms. The van der Waals surface area contributed by atoms with Crippen molar-refractivity contribution >= 4 is 29.2 Å². The third kappa shape index (κ3) is 4.09. The number of carbonyl (C=O) groups is 1. The smallest absolute Gasteiger partial charge is 0.225 e. The molecule has 0 radical (unpaired) electrons. The van der Waals surface area contributed by atoms with Gasteiger partial charge in [-0.25, -0.2) is 0 Å². The monoisotopic (exact) mass is 259 g/mol. The highest BCUT2D eigenvalue weighted by Gasteiger charge is 2.20. The summed E-state index contributed by atoms with van der Waals surface area (Å²) in [7, 11) is 0. The van der Waals surface area contributed by atoms with Gasteiger partial charge in [0.05, 0.1) is 5.69 Å². The largest absolute Gasteiger partial charge is 0.355 e. The Hall–Kier alpha value is -0.620. The molecule has 16 heavy (non-hydrogen) atoms. The maximum atomic E-state index is 11.6. The minimum atomic E-state index is -0.313. The number of amides is 1. The first-order valence-corrected chi connectivity index (χ1v) is 6.87. The Balaban J connectivity index is 2.23. The molecule has 1 amide bonds. The number of carbonyl (C=O) groups excluding carboxylic acids is 1. The minimum Gasteiger partial charge on any atom is -0.355 e. The number of aryl methyl sites for hydroxylation is 1. The molecule has 0 atom stereocenters. The first kappa shape index (κ1) is 13.4. The molecule has 1 aromatic heterocycles. The summed E-state index contributed by atoms with van der Waals surface area (Å²) >= 11 is 3.09. The molecule has 0 fully saturated rings. The van der Waals surface area contributed by atoms with Crippen LogP contribution in [0.1, 0.15) is 26.5 Å². The summed E-state index contributed by atoms with van der Waals surface area (Å²) in [5.41, 5.74) is 0.657. The molecule has 1 rings (SSSR count). The Labute approximate surface area is 104 Å². The number of nitrogens with zero attached hydrogens (tertiary/aromatic N) is 2. The molecule has 0 aromatic carbocycles. The Kier molecular flexibility index (Phi) is 4.73. The Bertz CT molecular complexity index is 357. The molecule has 0 saturated heterocycles. The molecule has 0 unspecified atom stereocenters. The van der Waals surface area contributed by atoms with Crippen LogP contribution in [0.15, 0.2) is 4.21 Å². The SMILES string of the molecule is Cc1nnsc1SCCNC(=O)C(C)(C)C. The van der Waals surface area contributed by atoms with Gasteiger partial charge in [-0.15, -0.1) is 16.9 Å². The van der Waals surface area contributed by atoms with Gasteiger partial charge in [0.2, 0.25) is 5.91 Å². The Morgan fingerprint density at radius 1 is 1.50 bits per heavy atom. The average molecular weight is 259 g/mol. The van der Waals surface area contributed by atoms with Gasteiger partial charge in [0, 0.05) is 17.7 Å². The highest BCUT2D eigenvalue weighted by molar-refractivity contribution is 8.01. The standard InChI is InChI=1S/C10H17N3OS2/c1-7-8(16-13-12-7)15-6-5-11-9(14)10(2,3)4/h5-6H2,1-4H3,(H,11,14). The summed E-state index contributed by atoms with van der Waals surface area (Å²) in [6.07, 6.45) is 0. The summed E-state index contributed by atoms with van der Waals surface area (Å²) < 4.78 is 4.99. The third-order valence-electron chi connectivity index (χ3n) is 1.91. The van der Waals surface area contributed by atoms with Gasteiger partial charge < -0.3 is 5.32 Å². The summed E-state index contributed by atoms with van der Waals surface area (Å²) in [6, 6.07) is 0. The lowest BCUT2D eigenvalue weighted by Gasteiger charge is -2.17. The summed E-state index contributed by atoms with van der Waals surface area (Å²) in [4.78, 5) is 11.6. The van der Waals surface area contributed by atoms with Gasteiger partial charge in [0.1, 0.15) is 4.21 Å². The van der Waals surface area contributed by atoms with Crippen LogP contribution in [-0.2, 0) is 4.79 Å². The summed E-state index contributed by atoms with van der Waals surface area (Å²) in [5.74, 6) is 0.944. The van der Waals surface area contributed by atoms with Crippen molar-refractivity contribution in [2.24, 2.45) is 5.41 Å². The number of hydrogen-bond acceptors (Lipinski definition) is 5. The van der Waals surface area contributed by atoms with Gasteiger partial charge in [0.15, 0.2) is 0 Å².